The van der Waals surface area contributed by atoms with E-state index in [1.54, 1.807) is 12.4 Å². The maximum atomic E-state index is 4.09. The molecule has 1 aromatic heterocycles. The maximum Gasteiger partial charge on any atom is 0.0887 e. The fourth-order valence-electron chi connectivity index (χ4n) is 1.03. The van der Waals surface area contributed by atoms with Crippen molar-refractivity contribution in [3.05, 3.63) is 53.3 Å². The predicted molar refractivity (Wildman–Crippen MR) is 62.6 cm³/mol. The van der Waals surface area contributed by atoms with E-state index in [0.717, 1.165) is 15.8 Å². The molecule has 0 radical (unpaired) electrons. The molecular formula is C11H8BrN3. The highest BCUT2D eigenvalue weighted by molar-refractivity contribution is 9.10. The number of benzene rings is 1. The summed E-state index contributed by atoms with van der Waals surface area (Å²) in [5, 5.41) is 8.17. The summed E-state index contributed by atoms with van der Waals surface area (Å²) in [7, 11) is 0. The number of hydrogen-bond donors (Lipinski definition) is 0. The van der Waals surface area contributed by atoms with Crippen molar-refractivity contribution in [2.75, 3.05) is 0 Å². The first-order valence-corrected chi connectivity index (χ1v) is 5.21. The Morgan fingerprint density at radius 3 is 1.93 bits per heavy atom. The first kappa shape index (κ1) is 9.98. The Balaban J connectivity index is 2.15. The van der Waals surface area contributed by atoms with Crippen molar-refractivity contribution in [2.24, 2.45) is 10.2 Å². The molecule has 0 fully saturated rings. The zero-order valence-corrected chi connectivity index (χ0v) is 9.42. The van der Waals surface area contributed by atoms with Crippen LogP contribution in [0.25, 0.3) is 0 Å². The van der Waals surface area contributed by atoms with Crippen LogP contribution >= 0.6 is 15.9 Å². The maximum absolute atomic E-state index is 4.09. The first-order chi connectivity index (χ1) is 7.34. The average molecular weight is 262 g/mol. The summed E-state index contributed by atoms with van der Waals surface area (Å²) in [6, 6.07) is 11.3. The van der Waals surface area contributed by atoms with Crippen molar-refractivity contribution in [3.8, 4) is 0 Å². The molecule has 0 saturated heterocycles. The van der Waals surface area contributed by atoms with E-state index in [1.807, 2.05) is 36.4 Å². The highest BCUT2D eigenvalue weighted by Gasteiger charge is 1.90. The van der Waals surface area contributed by atoms with E-state index in [-0.39, 0.29) is 0 Å². The van der Waals surface area contributed by atoms with Crippen LogP contribution in [0.5, 0.6) is 0 Å². The van der Waals surface area contributed by atoms with E-state index in [4.69, 9.17) is 0 Å². The van der Waals surface area contributed by atoms with Gasteiger partial charge in [0.25, 0.3) is 0 Å². The second kappa shape index (κ2) is 4.79. The lowest BCUT2D eigenvalue weighted by atomic mass is 10.3. The molecule has 4 heteroatoms. The van der Waals surface area contributed by atoms with Crippen LogP contribution in [-0.2, 0) is 0 Å². The highest BCUT2D eigenvalue weighted by Crippen LogP contribution is 2.19. The van der Waals surface area contributed by atoms with Crippen LogP contribution in [0.1, 0.15) is 0 Å². The SMILES string of the molecule is Brc1ccc(/N=N/c2ccncc2)cc1. The number of azo groups is 1. The Bertz CT molecular complexity index is 451. The van der Waals surface area contributed by atoms with Gasteiger partial charge in [0.15, 0.2) is 0 Å². The van der Waals surface area contributed by atoms with Gasteiger partial charge in [-0.2, -0.15) is 10.2 Å². The van der Waals surface area contributed by atoms with Gasteiger partial charge in [-0.1, -0.05) is 15.9 Å². The van der Waals surface area contributed by atoms with Crippen LogP contribution in [0.4, 0.5) is 11.4 Å². The molecule has 2 aromatic rings. The van der Waals surface area contributed by atoms with Crippen molar-refractivity contribution >= 4 is 27.3 Å². The van der Waals surface area contributed by atoms with E-state index < -0.39 is 0 Å². The molecule has 15 heavy (non-hydrogen) atoms. The second-order valence-corrected chi connectivity index (χ2v) is 3.80. The fraction of sp³-hybridized carbons (Fsp3) is 0. The van der Waals surface area contributed by atoms with Crippen molar-refractivity contribution in [1.29, 1.82) is 0 Å². The van der Waals surface area contributed by atoms with Crippen molar-refractivity contribution in [1.82, 2.24) is 4.98 Å². The summed E-state index contributed by atoms with van der Waals surface area (Å²) in [4.78, 5) is 3.90. The minimum absolute atomic E-state index is 0.799. The van der Waals surface area contributed by atoms with Crippen LogP contribution in [0, 0.1) is 0 Å². The molecular weight excluding hydrogens is 254 g/mol. The quantitative estimate of drug-likeness (QED) is 0.745. The third kappa shape index (κ3) is 2.95. The van der Waals surface area contributed by atoms with Crippen LogP contribution in [-0.4, -0.2) is 4.98 Å². The Labute approximate surface area is 96.0 Å². The van der Waals surface area contributed by atoms with E-state index in [1.165, 1.54) is 0 Å². The summed E-state index contributed by atoms with van der Waals surface area (Å²) < 4.78 is 1.03. The zero-order valence-electron chi connectivity index (χ0n) is 7.84. The van der Waals surface area contributed by atoms with Gasteiger partial charge in [-0.3, -0.25) is 4.98 Å². The molecule has 0 saturated carbocycles. The molecule has 1 aromatic carbocycles. The Morgan fingerprint density at radius 1 is 0.800 bits per heavy atom. The van der Waals surface area contributed by atoms with Crippen molar-refractivity contribution in [2.45, 2.75) is 0 Å². The van der Waals surface area contributed by atoms with Gasteiger partial charge in [0.2, 0.25) is 0 Å². The Hall–Kier alpha value is -1.55. The molecule has 0 atom stereocenters. The topological polar surface area (TPSA) is 37.6 Å². The van der Waals surface area contributed by atoms with Gasteiger partial charge in [0.05, 0.1) is 11.4 Å². The zero-order chi connectivity index (χ0) is 10.5. The van der Waals surface area contributed by atoms with Crippen molar-refractivity contribution in [3.63, 3.8) is 0 Å². The fourth-order valence-corrected chi connectivity index (χ4v) is 1.30. The number of aromatic nitrogens is 1. The molecule has 2 rings (SSSR count). The van der Waals surface area contributed by atoms with Crippen molar-refractivity contribution < 1.29 is 0 Å². The molecule has 0 aliphatic rings. The van der Waals surface area contributed by atoms with Gasteiger partial charge in [-0.15, -0.1) is 0 Å². The van der Waals surface area contributed by atoms with Crippen LogP contribution in [0.15, 0.2) is 63.5 Å². The van der Waals surface area contributed by atoms with Crippen LogP contribution < -0.4 is 0 Å². The summed E-state index contributed by atoms with van der Waals surface area (Å²) in [5.74, 6) is 0. The normalized spacial score (nSPS) is 10.7. The smallest absolute Gasteiger partial charge is 0.0887 e. The van der Waals surface area contributed by atoms with Gasteiger partial charge in [0, 0.05) is 16.9 Å². The summed E-state index contributed by atoms with van der Waals surface area (Å²) in [6.07, 6.45) is 3.38. The largest absolute Gasteiger partial charge is 0.265 e. The molecule has 0 aliphatic heterocycles. The Morgan fingerprint density at radius 2 is 1.33 bits per heavy atom. The lowest BCUT2D eigenvalue weighted by molar-refractivity contribution is 1.21. The monoisotopic (exact) mass is 261 g/mol. The molecule has 0 amide bonds. The van der Waals surface area contributed by atoms with Gasteiger partial charge in [-0.05, 0) is 36.4 Å². The Kier molecular flexibility index (Phi) is 3.19. The van der Waals surface area contributed by atoms with Crippen LogP contribution in [0.3, 0.4) is 0 Å². The van der Waals surface area contributed by atoms with Gasteiger partial charge < -0.3 is 0 Å². The first-order valence-electron chi connectivity index (χ1n) is 4.42. The summed E-state index contributed by atoms with van der Waals surface area (Å²) in [6.45, 7) is 0. The third-order valence-electron chi connectivity index (χ3n) is 1.77. The lowest BCUT2D eigenvalue weighted by Crippen LogP contribution is -1.67. The standard InChI is InChI=1S/C11H8BrN3/c12-9-1-3-10(4-2-9)14-15-11-5-7-13-8-6-11/h1-8H/b15-14+. The molecule has 0 aliphatic carbocycles. The molecule has 0 spiro atoms. The van der Waals surface area contributed by atoms with E-state index in [0.29, 0.717) is 0 Å². The number of halogens is 1. The van der Waals surface area contributed by atoms with Gasteiger partial charge >= 0.3 is 0 Å². The highest BCUT2D eigenvalue weighted by atomic mass is 79.9. The molecule has 0 bridgehead atoms. The third-order valence-corrected chi connectivity index (χ3v) is 2.30. The number of hydrogen-bond acceptors (Lipinski definition) is 3. The molecule has 3 nitrogen and oxygen atoms in total. The van der Waals surface area contributed by atoms with Gasteiger partial charge in [0.1, 0.15) is 0 Å². The van der Waals surface area contributed by atoms with E-state index >= 15 is 0 Å². The number of rotatable bonds is 2. The average Bonchev–Trinajstić information content (AvgIpc) is 2.30. The van der Waals surface area contributed by atoms with E-state index in [9.17, 15) is 0 Å². The summed E-state index contributed by atoms with van der Waals surface area (Å²) >= 11 is 3.36. The number of pyridine rings is 1. The number of nitrogens with zero attached hydrogens (tertiary/aromatic N) is 3. The molecule has 74 valence electrons. The minimum atomic E-state index is 0.799. The molecule has 0 N–H and O–H groups in total. The van der Waals surface area contributed by atoms with Gasteiger partial charge in [-0.25, -0.2) is 0 Å². The molecule has 0 unspecified atom stereocenters. The molecule has 1 heterocycles. The predicted octanol–water partition coefficient (Wildman–Crippen LogP) is 4.26. The summed E-state index contributed by atoms with van der Waals surface area (Å²) in [5.41, 5.74) is 1.63. The second-order valence-electron chi connectivity index (χ2n) is 2.88. The van der Waals surface area contributed by atoms with E-state index in [2.05, 4.69) is 31.1 Å². The minimum Gasteiger partial charge on any atom is -0.265 e. The van der Waals surface area contributed by atoms with Crippen LogP contribution in [0.2, 0.25) is 0 Å². The lowest BCUT2D eigenvalue weighted by Gasteiger charge is -1.92.